The standard InChI is InChI=1S/C14H18N4O2/c1-5-6-18-13(12(20-4)8-15-18)14(19)11-7-9(2)16-17-10(11)3/h7-8H,5-6H2,1-4H3. The molecule has 6 heteroatoms. The van der Waals surface area contributed by atoms with Crippen molar-refractivity contribution in [3.8, 4) is 5.75 Å². The zero-order chi connectivity index (χ0) is 14.7. The molecule has 0 spiro atoms. The van der Waals surface area contributed by atoms with E-state index in [2.05, 4.69) is 15.3 Å². The Hall–Kier alpha value is -2.24. The second-order valence-electron chi connectivity index (χ2n) is 4.60. The van der Waals surface area contributed by atoms with E-state index in [0.717, 1.165) is 6.42 Å². The van der Waals surface area contributed by atoms with E-state index in [-0.39, 0.29) is 5.78 Å². The number of rotatable bonds is 5. The number of carbonyl (C=O) groups excluding carboxylic acids is 1. The predicted octanol–water partition coefficient (Wildman–Crippen LogP) is 1.94. The SMILES string of the molecule is CCCn1ncc(OC)c1C(=O)c1cc(C)nnc1C. The molecule has 0 saturated carbocycles. The van der Waals surface area contributed by atoms with Gasteiger partial charge in [0.25, 0.3) is 0 Å². The normalized spacial score (nSPS) is 10.6. The van der Waals surface area contributed by atoms with Crippen LogP contribution in [-0.2, 0) is 6.54 Å². The fourth-order valence-electron chi connectivity index (χ4n) is 2.04. The van der Waals surface area contributed by atoms with E-state index >= 15 is 0 Å². The summed E-state index contributed by atoms with van der Waals surface area (Å²) in [5.41, 5.74) is 2.31. The van der Waals surface area contributed by atoms with Crippen molar-refractivity contribution in [2.24, 2.45) is 0 Å². The minimum Gasteiger partial charge on any atom is -0.493 e. The second kappa shape index (κ2) is 5.81. The minimum absolute atomic E-state index is 0.136. The number of ketones is 1. The molecule has 106 valence electrons. The molecule has 0 aliphatic heterocycles. The molecule has 0 aliphatic carbocycles. The average Bonchev–Trinajstić information content (AvgIpc) is 2.84. The fraction of sp³-hybridized carbons (Fsp3) is 0.429. The van der Waals surface area contributed by atoms with Gasteiger partial charge in [-0.2, -0.15) is 15.3 Å². The molecular formula is C14H18N4O2. The van der Waals surface area contributed by atoms with Gasteiger partial charge in [0.2, 0.25) is 5.78 Å². The van der Waals surface area contributed by atoms with Gasteiger partial charge in [-0.05, 0) is 26.3 Å². The number of hydrogen-bond donors (Lipinski definition) is 0. The highest BCUT2D eigenvalue weighted by Gasteiger charge is 2.22. The van der Waals surface area contributed by atoms with Crippen molar-refractivity contribution in [3.63, 3.8) is 0 Å². The van der Waals surface area contributed by atoms with Crippen molar-refractivity contribution in [1.82, 2.24) is 20.0 Å². The van der Waals surface area contributed by atoms with Gasteiger partial charge in [-0.25, -0.2) is 0 Å². The largest absolute Gasteiger partial charge is 0.493 e. The Morgan fingerprint density at radius 2 is 2.10 bits per heavy atom. The van der Waals surface area contributed by atoms with Crippen molar-refractivity contribution in [2.75, 3.05) is 7.11 Å². The first-order valence-electron chi connectivity index (χ1n) is 6.53. The maximum absolute atomic E-state index is 12.7. The predicted molar refractivity (Wildman–Crippen MR) is 74.0 cm³/mol. The Labute approximate surface area is 117 Å². The van der Waals surface area contributed by atoms with E-state index in [1.807, 2.05) is 13.8 Å². The lowest BCUT2D eigenvalue weighted by atomic mass is 10.1. The molecule has 0 atom stereocenters. The molecule has 0 N–H and O–H groups in total. The number of hydrogen-bond acceptors (Lipinski definition) is 5. The summed E-state index contributed by atoms with van der Waals surface area (Å²) >= 11 is 0. The van der Waals surface area contributed by atoms with Crippen LogP contribution in [0.15, 0.2) is 12.3 Å². The molecule has 20 heavy (non-hydrogen) atoms. The maximum Gasteiger partial charge on any atom is 0.216 e. The van der Waals surface area contributed by atoms with Crippen LogP contribution in [0.1, 0.15) is 40.8 Å². The van der Waals surface area contributed by atoms with Gasteiger partial charge in [0.05, 0.1) is 24.7 Å². The molecule has 2 heterocycles. The number of aromatic nitrogens is 4. The summed E-state index contributed by atoms with van der Waals surface area (Å²) in [7, 11) is 1.53. The van der Waals surface area contributed by atoms with Crippen LogP contribution in [0.2, 0.25) is 0 Å². The van der Waals surface area contributed by atoms with Crippen LogP contribution in [0, 0.1) is 13.8 Å². The zero-order valence-corrected chi connectivity index (χ0v) is 12.2. The van der Waals surface area contributed by atoms with Crippen LogP contribution in [-0.4, -0.2) is 32.9 Å². The van der Waals surface area contributed by atoms with Crippen molar-refractivity contribution < 1.29 is 9.53 Å². The third-order valence-electron chi connectivity index (χ3n) is 3.02. The van der Waals surface area contributed by atoms with Gasteiger partial charge in [0.15, 0.2) is 11.4 Å². The van der Waals surface area contributed by atoms with Crippen LogP contribution < -0.4 is 4.74 Å². The van der Waals surface area contributed by atoms with E-state index in [4.69, 9.17) is 4.74 Å². The first-order valence-corrected chi connectivity index (χ1v) is 6.53. The Morgan fingerprint density at radius 1 is 1.35 bits per heavy atom. The Balaban J connectivity index is 2.52. The molecule has 2 rings (SSSR count). The highest BCUT2D eigenvalue weighted by atomic mass is 16.5. The summed E-state index contributed by atoms with van der Waals surface area (Å²) in [5, 5.41) is 12.2. The van der Waals surface area contributed by atoms with Crippen LogP contribution in [0.25, 0.3) is 0 Å². The Morgan fingerprint density at radius 3 is 2.75 bits per heavy atom. The van der Waals surface area contributed by atoms with E-state index in [1.165, 1.54) is 7.11 Å². The second-order valence-corrected chi connectivity index (χ2v) is 4.60. The van der Waals surface area contributed by atoms with Crippen molar-refractivity contribution in [1.29, 1.82) is 0 Å². The minimum atomic E-state index is -0.136. The Bertz CT molecular complexity index is 634. The fourth-order valence-corrected chi connectivity index (χ4v) is 2.04. The van der Waals surface area contributed by atoms with Crippen molar-refractivity contribution in [3.05, 3.63) is 34.9 Å². The van der Waals surface area contributed by atoms with Gasteiger partial charge < -0.3 is 4.74 Å². The van der Waals surface area contributed by atoms with Crippen molar-refractivity contribution >= 4 is 5.78 Å². The summed E-state index contributed by atoms with van der Waals surface area (Å²) in [6.45, 7) is 6.28. The third kappa shape index (κ3) is 2.54. The molecule has 0 saturated heterocycles. The molecule has 0 radical (unpaired) electrons. The number of nitrogens with zero attached hydrogens (tertiary/aromatic N) is 4. The maximum atomic E-state index is 12.7. The molecule has 0 unspecified atom stereocenters. The van der Waals surface area contributed by atoms with Crippen LogP contribution in [0.3, 0.4) is 0 Å². The monoisotopic (exact) mass is 274 g/mol. The quantitative estimate of drug-likeness (QED) is 0.779. The van der Waals surface area contributed by atoms with Gasteiger partial charge in [-0.15, -0.1) is 0 Å². The summed E-state index contributed by atoms with van der Waals surface area (Å²) in [6, 6.07) is 1.74. The lowest BCUT2D eigenvalue weighted by Crippen LogP contribution is -2.14. The molecule has 0 fully saturated rings. The van der Waals surface area contributed by atoms with E-state index in [0.29, 0.717) is 34.9 Å². The van der Waals surface area contributed by atoms with Crippen LogP contribution >= 0.6 is 0 Å². The number of carbonyl (C=O) groups is 1. The summed E-state index contributed by atoms with van der Waals surface area (Å²) in [5.74, 6) is 0.348. The first-order chi connectivity index (χ1) is 9.58. The lowest BCUT2D eigenvalue weighted by molar-refractivity contribution is 0.102. The number of aryl methyl sites for hydroxylation is 3. The van der Waals surface area contributed by atoms with E-state index in [9.17, 15) is 4.79 Å². The van der Waals surface area contributed by atoms with Gasteiger partial charge >= 0.3 is 0 Å². The van der Waals surface area contributed by atoms with Gasteiger partial charge in [-0.1, -0.05) is 6.92 Å². The van der Waals surface area contributed by atoms with Crippen LogP contribution in [0.4, 0.5) is 0 Å². The topological polar surface area (TPSA) is 69.9 Å². The summed E-state index contributed by atoms with van der Waals surface area (Å²) in [4.78, 5) is 12.7. The average molecular weight is 274 g/mol. The smallest absolute Gasteiger partial charge is 0.216 e. The molecule has 6 nitrogen and oxygen atoms in total. The van der Waals surface area contributed by atoms with Gasteiger partial charge in [-0.3, -0.25) is 9.48 Å². The molecule has 0 bridgehead atoms. The van der Waals surface area contributed by atoms with Crippen molar-refractivity contribution in [2.45, 2.75) is 33.7 Å². The number of methoxy groups -OCH3 is 1. The highest BCUT2D eigenvalue weighted by molar-refractivity contribution is 6.10. The molecular weight excluding hydrogens is 256 g/mol. The lowest BCUT2D eigenvalue weighted by Gasteiger charge is -2.09. The number of ether oxygens (including phenoxy) is 1. The highest BCUT2D eigenvalue weighted by Crippen LogP contribution is 2.22. The molecule has 0 aliphatic rings. The molecule has 2 aromatic rings. The van der Waals surface area contributed by atoms with E-state index < -0.39 is 0 Å². The summed E-state index contributed by atoms with van der Waals surface area (Å²) < 4.78 is 6.92. The van der Waals surface area contributed by atoms with Crippen LogP contribution in [0.5, 0.6) is 5.75 Å². The third-order valence-corrected chi connectivity index (χ3v) is 3.02. The molecule has 0 aromatic carbocycles. The summed E-state index contributed by atoms with van der Waals surface area (Å²) in [6.07, 6.45) is 2.46. The molecule has 0 amide bonds. The molecule has 2 aromatic heterocycles. The Kier molecular flexibility index (Phi) is 4.12. The van der Waals surface area contributed by atoms with Gasteiger partial charge in [0.1, 0.15) is 0 Å². The zero-order valence-electron chi connectivity index (χ0n) is 12.2. The first kappa shape index (κ1) is 14.2. The van der Waals surface area contributed by atoms with Gasteiger partial charge in [0, 0.05) is 12.1 Å². The van der Waals surface area contributed by atoms with E-state index in [1.54, 1.807) is 23.9 Å².